The van der Waals surface area contributed by atoms with Gasteiger partial charge in [0.15, 0.2) is 0 Å². The van der Waals surface area contributed by atoms with Gasteiger partial charge in [0, 0.05) is 39.8 Å². The summed E-state index contributed by atoms with van der Waals surface area (Å²) in [7, 11) is 0. The van der Waals surface area contributed by atoms with Gasteiger partial charge in [-0.3, -0.25) is 4.98 Å². The van der Waals surface area contributed by atoms with Gasteiger partial charge in [-0.05, 0) is 59.7 Å². The highest BCUT2D eigenvalue weighted by atomic mass is 35.5. The first-order valence-electron chi connectivity index (χ1n) is 8.47. The maximum absolute atomic E-state index is 6.22. The molecule has 1 aromatic heterocycles. The molecule has 3 atom stereocenters. The summed E-state index contributed by atoms with van der Waals surface area (Å²) < 4.78 is 0. The van der Waals surface area contributed by atoms with E-state index >= 15 is 0 Å². The average Bonchev–Trinajstić information content (AvgIpc) is 2.92. The van der Waals surface area contributed by atoms with Crippen LogP contribution < -0.4 is 10.6 Å². The van der Waals surface area contributed by atoms with Crippen LogP contribution in [0.4, 0.5) is 0 Å². The van der Waals surface area contributed by atoms with Gasteiger partial charge in [0.1, 0.15) is 6.17 Å². The molecular weight excluding hydrogens is 353 g/mol. The summed E-state index contributed by atoms with van der Waals surface area (Å²) in [5.41, 5.74) is 5.04. The van der Waals surface area contributed by atoms with E-state index in [2.05, 4.69) is 36.4 Å². The van der Waals surface area contributed by atoms with Crippen LogP contribution in [0.5, 0.6) is 0 Å². The van der Waals surface area contributed by atoms with E-state index in [-0.39, 0.29) is 11.6 Å². The van der Waals surface area contributed by atoms with E-state index in [1.54, 1.807) is 6.07 Å². The molecular formula is C20H21Cl2N3. The molecule has 0 amide bonds. The summed E-state index contributed by atoms with van der Waals surface area (Å²) in [6.07, 6.45) is 3.74. The Labute approximate surface area is 158 Å². The minimum atomic E-state index is 0.0954. The Bertz CT molecular complexity index is 825. The van der Waals surface area contributed by atoms with E-state index in [1.165, 1.54) is 22.5 Å². The van der Waals surface area contributed by atoms with Gasteiger partial charge in [-0.25, -0.2) is 0 Å². The molecule has 5 heteroatoms. The van der Waals surface area contributed by atoms with E-state index in [9.17, 15) is 0 Å². The zero-order chi connectivity index (χ0) is 17.8. The molecule has 0 saturated heterocycles. The molecule has 1 unspecified atom stereocenters. The van der Waals surface area contributed by atoms with Crippen molar-refractivity contribution in [2.45, 2.75) is 32.9 Å². The number of nitrogens with zero attached hydrogens (tertiary/aromatic N) is 1. The number of benzene rings is 1. The van der Waals surface area contributed by atoms with Crippen molar-refractivity contribution in [3.8, 4) is 0 Å². The van der Waals surface area contributed by atoms with Gasteiger partial charge in [0.25, 0.3) is 0 Å². The third-order valence-corrected chi connectivity index (χ3v) is 5.92. The van der Waals surface area contributed by atoms with E-state index < -0.39 is 0 Å². The lowest BCUT2D eigenvalue weighted by Gasteiger charge is -2.14. The zero-order valence-electron chi connectivity index (χ0n) is 14.5. The van der Waals surface area contributed by atoms with Crippen LogP contribution in [0.1, 0.15) is 44.0 Å². The molecule has 0 radical (unpaired) electrons. The van der Waals surface area contributed by atoms with E-state index in [4.69, 9.17) is 23.2 Å². The van der Waals surface area contributed by atoms with Crippen molar-refractivity contribution in [2.75, 3.05) is 0 Å². The van der Waals surface area contributed by atoms with Gasteiger partial charge in [-0.2, -0.15) is 0 Å². The number of pyridine rings is 1. The second-order valence-electron chi connectivity index (χ2n) is 7.52. The Morgan fingerprint density at radius 1 is 0.920 bits per heavy atom. The van der Waals surface area contributed by atoms with Crippen molar-refractivity contribution in [3.63, 3.8) is 0 Å². The van der Waals surface area contributed by atoms with Gasteiger partial charge in [0.2, 0.25) is 0 Å². The smallest absolute Gasteiger partial charge is 0.123 e. The Morgan fingerprint density at radius 3 is 2.20 bits per heavy atom. The zero-order valence-corrected chi connectivity index (χ0v) is 16.0. The normalized spacial score (nSPS) is 27.0. The minimum absolute atomic E-state index is 0.0954. The standard InChI is InChI=1S/C20H21Cl2N3/c1-11-18(25-19(24-11)12-4-6-23-7-5-12)17-16(20(17,2)3)13-8-14(21)10-15(22)9-13/h4-10,16-17,19,24-25H,1-3H3/t16-,17+,19?/m1/s1. The lowest BCUT2D eigenvalue weighted by Crippen LogP contribution is -2.24. The quantitative estimate of drug-likeness (QED) is 0.770. The van der Waals surface area contributed by atoms with E-state index in [0.717, 1.165) is 0 Å². The lowest BCUT2D eigenvalue weighted by atomic mass is 10.0. The number of nitrogens with one attached hydrogen (secondary N) is 2. The molecule has 2 heterocycles. The molecule has 2 N–H and O–H groups in total. The highest BCUT2D eigenvalue weighted by Gasteiger charge is 2.61. The van der Waals surface area contributed by atoms with Gasteiger partial charge < -0.3 is 10.6 Å². The van der Waals surface area contributed by atoms with Crippen LogP contribution in [0.15, 0.2) is 54.1 Å². The van der Waals surface area contributed by atoms with Gasteiger partial charge in [0.05, 0.1) is 0 Å². The summed E-state index contributed by atoms with van der Waals surface area (Å²) in [5.74, 6) is 0.820. The summed E-state index contributed by atoms with van der Waals surface area (Å²) in [6, 6.07) is 9.94. The molecule has 4 rings (SSSR count). The molecule has 1 saturated carbocycles. The fraction of sp³-hybridized carbons (Fsp3) is 0.350. The van der Waals surface area contributed by atoms with Crippen molar-refractivity contribution in [1.82, 2.24) is 15.6 Å². The largest absolute Gasteiger partial charge is 0.364 e. The topological polar surface area (TPSA) is 37.0 Å². The Kier molecular flexibility index (Phi) is 3.97. The Balaban J connectivity index is 1.60. The first kappa shape index (κ1) is 16.7. The van der Waals surface area contributed by atoms with Gasteiger partial charge >= 0.3 is 0 Å². The van der Waals surface area contributed by atoms with Crippen LogP contribution >= 0.6 is 23.2 Å². The van der Waals surface area contributed by atoms with Crippen molar-refractivity contribution in [2.24, 2.45) is 11.3 Å². The highest BCUT2D eigenvalue weighted by molar-refractivity contribution is 6.34. The second-order valence-corrected chi connectivity index (χ2v) is 8.39. The first-order chi connectivity index (χ1) is 11.9. The first-order valence-corrected chi connectivity index (χ1v) is 9.23. The minimum Gasteiger partial charge on any atom is -0.364 e. The van der Waals surface area contributed by atoms with Gasteiger partial charge in [-0.1, -0.05) is 37.0 Å². The maximum atomic E-state index is 6.22. The lowest BCUT2D eigenvalue weighted by molar-refractivity contribution is 0.540. The number of hydrogen-bond donors (Lipinski definition) is 2. The third-order valence-electron chi connectivity index (χ3n) is 5.49. The molecule has 2 aliphatic rings. The van der Waals surface area contributed by atoms with Gasteiger partial charge in [-0.15, -0.1) is 0 Å². The van der Waals surface area contributed by atoms with Crippen LogP contribution in [-0.4, -0.2) is 4.98 Å². The fourth-order valence-electron chi connectivity index (χ4n) is 4.19. The van der Waals surface area contributed by atoms with Crippen molar-refractivity contribution in [3.05, 3.63) is 75.3 Å². The molecule has 0 spiro atoms. The number of aromatic nitrogens is 1. The summed E-state index contributed by atoms with van der Waals surface area (Å²) >= 11 is 12.4. The number of allylic oxidation sites excluding steroid dienone is 2. The molecule has 1 aliphatic carbocycles. The van der Waals surface area contributed by atoms with Crippen LogP contribution in [0.2, 0.25) is 10.0 Å². The molecule has 130 valence electrons. The number of hydrogen-bond acceptors (Lipinski definition) is 3. The summed E-state index contributed by atoms with van der Waals surface area (Å²) in [5, 5.41) is 8.63. The summed E-state index contributed by atoms with van der Waals surface area (Å²) in [6.45, 7) is 6.75. The van der Waals surface area contributed by atoms with Crippen LogP contribution in [0, 0.1) is 11.3 Å². The molecule has 0 bridgehead atoms. The maximum Gasteiger partial charge on any atom is 0.123 e. The molecule has 1 aliphatic heterocycles. The molecule has 1 aromatic carbocycles. The Hall–Kier alpha value is -1.71. The second kappa shape index (κ2) is 5.93. The molecule has 3 nitrogen and oxygen atoms in total. The van der Waals surface area contributed by atoms with Crippen molar-refractivity contribution < 1.29 is 0 Å². The molecule has 1 fully saturated rings. The number of halogens is 2. The van der Waals surface area contributed by atoms with E-state index in [0.29, 0.717) is 21.9 Å². The van der Waals surface area contributed by atoms with Crippen LogP contribution in [0.3, 0.4) is 0 Å². The molecule has 25 heavy (non-hydrogen) atoms. The third kappa shape index (κ3) is 2.90. The van der Waals surface area contributed by atoms with Crippen LogP contribution in [-0.2, 0) is 0 Å². The van der Waals surface area contributed by atoms with Crippen molar-refractivity contribution in [1.29, 1.82) is 0 Å². The number of rotatable bonds is 3. The van der Waals surface area contributed by atoms with Crippen LogP contribution in [0.25, 0.3) is 0 Å². The molecule has 2 aromatic rings. The SMILES string of the molecule is CC1=C([C@@H]2[C@@H](c3cc(Cl)cc(Cl)c3)C2(C)C)NC(c2ccncc2)N1. The predicted octanol–water partition coefficient (Wildman–Crippen LogP) is 5.25. The monoisotopic (exact) mass is 373 g/mol. The predicted molar refractivity (Wildman–Crippen MR) is 102 cm³/mol. The fourth-order valence-corrected chi connectivity index (χ4v) is 4.74. The van der Waals surface area contributed by atoms with E-state index in [1.807, 2.05) is 36.7 Å². The highest BCUT2D eigenvalue weighted by Crippen LogP contribution is 2.68. The summed E-state index contributed by atoms with van der Waals surface area (Å²) in [4.78, 5) is 4.10. The van der Waals surface area contributed by atoms with Crippen molar-refractivity contribution >= 4 is 23.2 Å². The average molecular weight is 374 g/mol. The Morgan fingerprint density at radius 2 is 1.56 bits per heavy atom.